The SMILES string of the molecule is COc1cc(N(C)CCC(=O)O)c(OC)c(C)c1C. The van der Waals surface area contributed by atoms with Gasteiger partial charge < -0.3 is 19.5 Å². The average Bonchev–Trinajstić information content (AvgIpc) is 2.38. The third-order valence-corrected chi connectivity index (χ3v) is 3.27. The molecule has 0 atom stereocenters. The first-order chi connectivity index (χ1) is 8.92. The maximum atomic E-state index is 10.7. The summed E-state index contributed by atoms with van der Waals surface area (Å²) in [5.41, 5.74) is 2.86. The van der Waals surface area contributed by atoms with E-state index < -0.39 is 5.97 Å². The number of benzene rings is 1. The van der Waals surface area contributed by atoms with Crippen LogP contribution < -0.4 is 14.4 Å². The minimum Gasteiger partial charge on any atom is -0.496 e. The third kappa shape index (κ3) is 3.30. The lowest BCUT2D eigenvalue weighted by molar-refractivity contribution is -0.136. The molecule has 19 heavy (non-hydrogen) atoms. The molecule has 106 valence electrons. The fourth-order valence-electron chi connectivity index (χ4n) is 1.98. The molecule has 0 saturated carbocycles. The van der Waals surface area contributed by atoms with Crippen molar-refractivity contribution >= 4 is 11.7 Å². The van der Waals surface area contributed by atoms with E-state index in [4.69, 9.17) is 14.6 Å². The van der Waals surface area contributed by atoms with Crippen molar-refractivity contribution in [3.05, 3.63) is 17.2 Å². The molecule has 0 amide bonds. The molecule has 0 heterocycles. The van der Waals surface area contributed by atoms with E-state index in [9.17, 15) is 4.79 Å². The van der Waals surface area contributed by atoms with Crippen LogP contribution in [0.3, 0.4) is 0 Å². The Balaban J connectivity index is 3.17. The zero-order valence-electron chi connectivity index (χ0n) is 12.1. The number of hydrogen-bond acceptors (Lipinski definition) is 4. The Bertz CT molecular complexity index is 471. The van der Waals surface area contributed by atoms with Crippen molar-refractivity contribution < 1.29 is 19.4 Å². The summed E-state index contributed by atoms with van der Waals surface area (Å²) in [7, 11) is 5.08. The van der Waals surface area contributed by atoms with Crippen LogP contribution in [-0.4, -0.2) is 38.9 Å². The maximum Gasteiger partial charge on any atom is 0.305 e. The van der Waals surface area contributed by atoms with Crippen molar-refractivity contribution in [1.29, 1.82) is 0 Å². The van der Waals surface area contributed by atoms with E-state index in [-0.39, 0.29) is 6.42 Å². The van der Waals surface area contributed by atoms with E-state index in [2.05, 4.69) is 0 Å². The summed E-state index contributed by atoms with van der Waals surface area (Å²) >= 11 is 0. The van der Waals surface area contributed by atoms with Gasteiger partial charge in [-0.15, -0.1) is 0 Å². The Morgan fingerprint density at radius 2 is 1.89 bits per heavy atom. The minimum atomic E-state index is -0.818. The molecule has 0 bridgehead atoms. The summed E-state index contributed by atoms with van der Waals surface area (Å²) in [4.78, 5) is 12.5. The second kappa shape index (κ2) is 6.31. The number of carboxylic acid groups (broad SMARTS) is 1. The number of methoxy groups -OCH3 is 2. The lowest BCUT2D eigenvalue weighted by Crippen LogP contribution is -2.22. The highest BCUT2D eigenvalue weighted by atomic mass is 16.5. The Morgan fingerprint density at radius 3 is 2.37 bits per heavy atom. The topological polar surface area (TPSA) is 59.0 Å². The second-order valence-corrected chi connectivity index (χ2v) is 4.45. The zero-order chi connectivity index (χ0) is 14.6. The molecule has 5 heteroatoms. The lowest BCUT2D eigenvalue weighted by atomic mass is 10.1. The summed E-state index contributed by atoms with van der Waals surface area (Å²) in [6, 6.07) is 1.88. The Kier molecular flexibility index (Phi) is 5.03. The van der Waals surface area contributed by atoms with E-state index >= 15 is 0 Å². The van der Waals surface area contributed by atoms with Crippen molar-refractivity contribution in [2.24, 2.45) is 0 Å². The van der Waals surface area contributed by atoms with Gasteiger partial charge in [0.1, 0.15) is 11.5 Å². The molecule has 1 rings (SSSR count). The Hall–Kier alpha value is -1.91. The van der Waals surface area contributed by atoms with Crippen LogP contribution in [0.1, 0.15) is 17.5 Å². The predicted molar refractivity (Wildman–Crippen MR) is 74.5 cm³/mol. The standard InChI is InChI=1S/C14H21NO4/c1-9-10(2)14(19-5)11(8-12(9)18-4)15(3)7-6-13(16)17/h8H,6-7H2,1-5H3,(H,16,17). The molecule has 0 aromatic heterocycles. The predicted octanol–water partition coefficient (Wildman–Crippen LogP) is 2.23. The molecule has 1 aromatic carbocycles. The quantitative estimate of drug-likeness (QED) is 0.856. The number of hydrogen-bond donors (Lipinski definition) is 1. The molecule has 0 aliphatic rings. The fraction of sp³-hybridized carbons (Fsp3) is 0.500. The Labute approximate surface area is 113 Å². The molecular formula is C14H21NO4. The number of carboxylic acids is 1. The second-order valence-electron chi connectivity index (χ2n) is 4.45. The summed E-state index contributed by atoms with van der Waals surface area (Å²) in [6.45, 7) is 4.35. The van der Waals surface area contributed by atoms with Crippen LogP contribution in [-0.2, 0) is 4.79 Å². The highest BCUT2D eigenvalue weighted by Gasteiger charge is 2.17. The van der Waals surface area contributed by atoms with Gasteiger partial charge in [0, 0.05) is 19.7 Å². The normalized spacial score (nSPS) is 10.2. The van der Waals surface area contributed by atoms with Crippen molar-refractivity contribution in [2.45, 2.75) is 20.3 Å². The van der Waals surface area contributed by atoms with E-state index in [0.29, 0.717) is 6.54 Å². The van der Waals surface area contributed by atoms with E-state index in [0.717, 1.165) is 28.3 Å². The first-order valence-electron chi connectivity index (χ1n) is 6.07. The molecule has 5 nitrogen and oxygen atoms in total. The number of aliphatic carboxylic acids is 1. The van der Waals surface area contributed by atoms with Crippen LogP contribution in [0.25, 0.3) is 0 Å². The number of carbonyl (C=O) groups is 1. The molecule has 0 spiro atoms. The van der Waals surface area contributed by atoms with Gasteiger partial charge >= 0.3 is 5.97 Å². The monoisotopic (exact) mass is 267 g/mol. The van der Waals surface area contributed by atoms with Crippen LogP contribution in [0.2, 0.25) is 0 Å². The summed E-state index contributed by atoms with van der Waals surface area (Å²) in [6.07, 6.45) is 0.0783. The van der Waals surface area contributed by atoms with Gasteiger partial charge in [-0.05, 0) is 25.0 Å². The van der Waals surface area contributed by atoms with Gasteiger partial charge in [0.05, 0.1) is 26.3 Å². The van der Waals surface area contributed by atoms with Gasteiger partial charge in [0.2, 0.25) is 0 Å². The van der Waals surface area contributed by atoms with Gasteiger partial charge in [-0.25, -0.2) is 0 Å². The van der Waals surface area contributed by atoms with Crippen LogP contribution in [0.5, 0.6) is 11.5 Å². The Morgan fingerprint density at radius 1 is 1.26 bits per heavy atom. The molecule has 0 saturated heterocycles. The van der Waals surface area contributed by atoms with Crippen molar-refractivity contribution in [3.63, 3.8) is 0 Å². The highest BCUT2D eigenvalue weighted by Crippen LogP contribution is 2.38. The summed E-state index contributed by atoms with van der Waals surface area (Å²) < 4.78 is 10.8. The fourth-order valence-corrected chi connectivity index (χ4v) is 1.98. The maximum absolute atomic E-state index is 10.7. The van der Waals surface area contributed by atoms with Crippen molar-refractivity contribution in [2.75, 3.05) is 32.7 Å². The first-order valence-corrected chi connectivity index (χ1v) is 6.07. The number of rotatable bonds is 6. The number of nitrogens with zero attached hydrogens (tertiary/aromatic N) is 1. The molecular weight excluding hydrogens is 246 g/mol. The van der Waals surface area contributed by atoms with Gasteiger partial charge in [0.25, 0.3) is 0 Å². The van der Waals surface area contributed by atoms with Crippen molar-refractivity contribution in [1.82, 2.24) is 0 Å². The highest BCUT2D eigenvalue weighted by molar-refractivity contribution is 5.70. The summed E-state index contributed by atoms with van der Waals surface area (Å²) in [5, 5.41) is 8.75. The van der Waals surface area contributed by atoms with Crippen LogP contribution in [0.15, 0.2) is 6.07 Å². The number of ether oxygens (including phenoxy) is 2. The smallest absolute Gasteiger partial charge is 0.305 e. The largest absolute Gasteiger partial charge is 0.496 e. The molecule has 0 unspecified atom stereocenters. The molecule has 0 fully saturated rings. The van der Waals surface area contributed by atoms with Crippen LogP contribution in [0, 0.1) is 13.8 Å². The lowest BCUT2D eigenvalue weighted by Gasteiger charge is -2.24. The molecule has 1 N–H and O–H groups in total. The van der Waals surface area contributed by atoms with Crippen molar-refractivity contribution in [3.8, 4) is 11.5 Å². The first kappa shape index (κ1) is 15.1. The molecule has 0 aliphatic carbocycles. The van der Waals surface area contributed by atoms with Gasteiger partial charge in [0.15, 0.2) is 0 Å². The van der Waals surface area contributed by atoms with Crippen LogP contribution in [0.4, 0.5) is 5.69 Å². The van der Waals surface area contributed by atoms with Crippen LogP contribution >= 0.6 is 0 Å². The van der Waals surface area contributed by atoms with Gasteiger partial charge in [-0.3, -0.25) is 4.79 Å². The van der Waals surface area contributed by atoms with Gasteiger partial charge in [-0.1, -0.05) is 0 Å². The van der Waals surface area contributed by atoms with E-state index in [1.54, 1.807) is 14.2 Å². The number of anilines is 1. The molecule has 0 aliphatic heterocycles. The van der Waals surface area contributed by atoms with E-state index in [1.807, 2.05) is 31.9 Å². The average molecular weight is 267 g/mol. The third-order valence-electron chi connectivity index (χ3n) is 3.27. The zero-order valence-corrected chi connectivity index (χ0v) is 12.1. The minimum absolute atomic E-state index is 0.0783. The molecule has 1 aromatic rings. The molecule has 0 radical (unpaired) electrons. The van der Waals surface area contributed by atoms with Gasteiger partial charge in [-0.2, -0.15) is 0 Å². The summed E-state index contributed by atoms with van der Waals surface area (Å²) in [5.74, 6) is 0.711. The van der Waals surface area contributed by atoms with E-state index in [1.165, 1.54) is 0 Å².